The van der Waals surface area contributed by atoms with E-state index in [4.69, 9.17) is 0 Å². The Labute approximate surface area is 178 Å². The summed E-state index contributed by atoms with van der Waals surface area (Å²) in [6.45, 7) is 8.22. The van der Waals surface area contributed by atoms with Crippen LogP contribution in [-0.4, -0.2) is 52.9 Å². The summed E-state index contributed by atoms with van der Waals surface area (Å²) in [7, 11) is 0. The first kappa shape index (κ1) is 20.5. The van der Waals surface area contributed by atoms with Crippen LogP contribution in [0.2, 0.25) is 0 Å². The Morgan fingerprint density at radius 2 is 2.07 bits per heavy atom. The number of nitrogens with zero attached hydrogens (tertiary/aromatic N) is 3. The van der Waals surface area contributed by atoms with Crippen molar-refractivity contribution in [3.63, 3.8) is 0 Å². The summed E-state index contributed by atoms with van der Waals surface area (Å²) in [5, 5.41) is 3.12. The van der Waals surface area contributed by atoms with Gasteiger partial charge in [0.15, 0.2) is 0 Å². The lowest BCUT2D eigenvalue weighted by Crippen LogP contribution is -2.50. The van der Waals surface area contributed by atoms with Crippen LogP contribution < -0.4 is 5.32 Å². The zero-order valence-corrected chi connectivity index (χ0v) is 18.2. The summed E-state index contributed by atoms with van der Waals surface area (Å²) in [6.07, 6.45) is 8.14. The largest absolute Gasteiger partial charge is 0.352 e. The minimum atomic E-state index is 0.118. The minimum Gasteiger partial charge on any atom is -0.352 e. The van der Waals surface area contributed by atoms with Gasteiger partial charge in [-0.05, 0) is 62.9 Å². The van der Waals surface area contributed by atoms with Gasteiger partial charge in [-0.15, -0.1) is 11.3 Å². The van der Waals surface area contributed by atoms with Gasteiger partial charge in [0.1, 0.15) is 0 Å². The van der Waals surface area contributed by atoms with E-state index in [2.05, 4.69) is 39.2 Å². The second-order valence-corrected chi connectivity index (χ2v) is 9.81. The molecule has 1 amide bonds. The van der Waals surface area contributed by atoms with E-state index in [9.17, 15) is 4.79 Å². The highest BCUT2D eigenvalue weighted by atomic mass is 32.1. The van der Waals surface area contributed by atoms with Crippen LogP contribution in [0.3, 0.4) is 0 Å². The van der Waals surface area contributed by atoms with Crippen molar-refractivity contribution in [1.82, 2.24) is 20.1 Å². The molecule has 2 saturated heterocycles. The van der Waals surface area contributed by atoms with Crippen LogP contribution >= 0.6 is 11.3 Å². The van der Waals surface area contributed by atoms with Crippen molar-refractivity contribution >= 4 is 17.2 Å². The average Bonchev–Trinajstić information content (AvgIpc) is 3.18. The number of amides is 1. The molecule has 0 bridgehead atoms. The molecule has 2 aromatic rings. The summed E-state index contributed by atoms with van der Waals surface area (Å²) in [4.78, 5) is 24.9. The molecule has 0 aliphatic carbocycles. The van der Waals surface area contributed by atoms with Gasteiger partial charge in [-0.3, -0.25) is 19.6 Å². The molecule has 2 fully saturated rings. The number of nitrogens with one attached hydrogen (secondary N) is 1. The molecule has 0 unspecified atom stereocenters. The van der Waals surface area contributed by atoms with Gasteiger partial charge in [-0.1, -0.05) is 6.07 Å². The summed E-state index contributed by atoms with van der Waals surface area (Å²) in [6, 6.07) is 9.04. The lowest BCUT2D eigenvalue weighted by atomic mass is 9.93. The highest BCUT2D eigenvalue weighted by molar-refractivity contribution is 7.11. The second kappa shape index (κ2) is 9.83. The highest BCUT2D eigenvalue weighted by Crippen LogP contribution is 2.26. The average molecular weight is 413 g/mol. The Morgan fingerprint density at radius 1 is 1.21 bits per heavy atom. The first-order valence-electron chi connectivity index (χ1n) is 10.9. The topological polar surface area (TPSA) is 48.5 Å². The van der Waals surface area contributed by atoms with Crippen molar-refractivity contribution < 1.29 is 4.79 Å². The number of aryl methyl sites for hydroxylation is 1. The zero-order chi connectivity index (χ0) is 20.1. The normalized spacial score (nSPS) is 21.9. The first-order valence-corrected chi connectivity index (χ1v) is 11.7. The molecule has 4 heterocycles. The van der Waals surface area contributed by atoms with E-state index < -0.39 is 0 Å². The molecule has 2 aliphatic heterocycles. The molecular formula is C23H32N4OS. The van der Waals surface area contributed by atoms with E-state index in [1.54, 1.807) is 6.20 Å². The molecule has 0 spiro atoms. The molecule has 156 valence electrons. The number of piperidine rings is 2. The maximum Gasteiger partial charge on any atom is 0.224 e. The summed E-state index contributed by atoms with van der Waals surface area (Å²) in [5.74, 6) is 0.316. The van der Waals surface area contributed by atoms with E-state index in [1.165, 1.54) is 22.6 Å². The van der Waals surface area contributed by atoms with E-state index in [0.717, 1.165) is 51.1 Å². The van der Waals surface area contributed by atoms with E-state index in [-0.39, 0.29) is 11.8 Å². The standard InChI is InChI=1S/C23H32N4OS/c1-18-6-7-22(29-18)17-26-12-8-21(9-13-26)27-11-3-5-20(16-27)23(28)25-15-19-4-2-10-24-14-19/h2,4,6-7,10,14,20-21H,3,5,8-9,11-13,15-17H2,1H3,(H,25,28)/t20-/m0/s1. The number of hydrogen-bond acceptors (Lipinski definition) is 5. The van der Waals surface area contributed by atoms with Crippen molar-refractivity contribution in [1.29, 1.82) is 0 Å². The predicted molar refractivity (Wildman–Crippen MR) is 118 cm³/mol. The van der Waals surface area contributed by atoms with E-state index in [0.29, 0.717) is 12.6 Å². The van der Waals surface area contributed by atoms with Crippen LogP contribution in [0.5, 0.6) is 0 Å². The van der Waals surface area contributed by atoms with Crippen molar-refractivity contribution in [2.24, 2.45) is 5.92 Å². The Kier molecular flexibility index (Phi) is 6.95. The Hall–Kier alpha value is -1.76. The zero-order valence-electron chi connectivity index (χ0n) is 17.3. The van der Waals surface area contributed by atoms with Crippen molar-refractivity contribution in [3.05, 3.63) is 52.0 Å². The van der Waals surface area contributed by atoms with Gasteiger partial charge in [0.25, 0.3) is 0 Å². The molecule has 1 N–H and O–H groups in total. The molecule has 0 aromatic carbocycles. The third-order valence-corrected chi connectivity index (χ3v) is 7.25. The van der Waals surface area contributed by atoms with Gasteiger partial charge >= 0.3 is 0 Å². The van der Waals surface area contributed by atoms with Gasteiger partial charge in [0.05, 0.1) is 5.92 Å². The lowest BCUT2D eigenvalue weighted by molar-refractivity contribution is -0.127. The quantitative estimate of drug-likeness (QED) is 0.790. The number of carbonyl (C=O) groups excluding carboxylic acids is 1. The van der Waals surface area contributed by atoms with E-state index in [1.807, 2.05) is 29.7 Å². The van der Waals surface area contributed by atoms with E-state index >= 15 is 0 Å². The minimum absolute atomic E-state index is 0.118. The number of aromatic nitrogens is 1. The van der Waals surface area contributed by atoms with Crippen LogP contribution in [-0.2, 0) is 17.9 Å². The molecule has 0 saturated carbocycles. The van der Waals surface area contributed by atoms with Gasteiger partial charge in [-0.25, -0.2) is 0 Å². The van der Waals surface area contributed by atoms with Crippen LogP contribution in [0.15, 0.2) is 36.7 Å². The van der Waals surface area contributed by atoms with Crippen LogP contribution in [0.1, 0.15) is 41.0 Å². The monoisotopic (exact) mass is 412 g/mol. The smallest absolute Gasteiger partial charge is 0.224 e. The summed E-state index contributed by atoms with van der Waals surface area (Å²) >= 11 is 1.92. The van der Waals surface area contributed by atoms with Crippen LogP contribution in [0.4, 0.5) is 0 Å². The fourth-order valence-corrected chi connectivity index (χ4v) is 5.55. The van der Waals surface area contributed by atoms with Crippen molar-refractivity contribution in [2.45, 2.75) is 51.7 Å². The molecule has 0 radical (unpaired) electrons. The lowest BCUT2D eigenvalue weighted by Gasteiger charge is -2.42. The van der Waals surface area contributed by atoms with Crippen molar-refractivity contribution in [3.8, 4) is 0 Å². The molecule has 6 heteroatoms. The number of hydrogen-bond donors (Lipinski definition) is 1. The Bertz CT molecular complexity index is 785. The third-order valence-electron chi connectivity index (χ3n) is 6.26. The SMILES string of the molecule is Cc1ccc(CN2CCC(N3CCC[C@H](C(=O)NCc4cccnc4)C3)CC2)s1. The van der Waals surface area contributed by atoms with Crippen LogP contribution in [0, 0.1) is 12.8 Å². The molecule has 2 aromatic heterocycles. The fraction of sp³-hybridized carbons (Fsp3) is 0.565. The van der Waals surface area contributed by atoms with Gasteiger partial charge in [0.2, 0.25) is 5.91 Å². The van der Waals surface area contributed by atoms with Crippen molar-refractivity contribution in [2.75, 3.05) is 26.2 Å². The number of likely N-dealkylation sites (tertiary alicyclic amines) is 2. The Balaban J connectivity index is 1.23. The fourth-order valence-electron chi connectivity index (χ4n) is 4.62. The molecular weight excluding hydrogens is 380 g/mol. The number of pyridine rings is 1. The molecule has 5 nitrogen and oxygen atoms in total. The van der Waals surface area contributed by atoms with Crippen LogP contribution in [0.25, 0.3) is 0 Å². The second-order valence-electron chi connectivity index (χ2n) is 8.43. The highest BCUT2D eigenvalue weighted by Gasteiger charge is 2.31. The summed E-state index contributed by atoms with van der Waals surface area (Å²) < 4.78 is 0. The predicted octanol–water partition coefficient (Wildman–Crippen LogP) is 3.44. The number of thiophene rings is 1. The molecule has 2 aliphatic rings. The molecule has 29 heavy (non-hydrogen) atoms. The van der Waals surface area contributed by atoms with Gasteiger partial charge in [-0.2, -0.15) is 0 Å². The van der Waals surface area contributed by atoms with Gasteiger partial charge in [0, 0.05) is 60.9 Å². The maximum absolute atomic E-state index is 12.7. The first-order chi connectivity index (χ1) is 14.2. The number of rotatable bonds is 6. The molecule has 1 atom stereocenters. The Morgan fingerprint density at radius 3 is 2.79 bits per heavy atom. The maximum atomic E-state index is 12.7. The number of carbonyl (C=O) groups is 1. The molecule has 4 rings (SSSR count). The summed E-state index contributed by atoms with van der Waals surface area (Å²) in [5.41, 5.74) is 1.06. The van der Waals surface area contributed by atoms with Gasteiger partial charge < -0.3 is 5.32 Å². The third kappa shape index (κ3) is 5.65.